The molecule has 0 aromatic carbocycles. The Labute approximate surface area is 96.4 Å². The van der Waals surface area contributed by atoms with Crippen LogP contribution in [0.25, 0.3) is 0 Å². The van der Waals surface area contributed by atoms with E-state index >= 15 is 0 Å². The maximum Gasteiger partial charge on any atom is 0.00525 e. The minimum Gasteiger partial charge on any atom is -0.319 e. The van der Waals surface area contributed by atoms with Gasteiger partial charge in [0, 0.05) is 19.1 Å². The molecule has 0 saturated carbocycles. The van der Waals surface area contributed by atoms with Crippen LogP contribution in [0.3, 0.4) is 0 Å². The lowest BCUT2D eigenvalue weighted by atomic mass is 9.81. The summed E-state index contributed by atoms with van der Waals surface area (Å²) in [6, 6.07) is 0.657. The highest BCUT2D eigenvalue weighted by molar-refractivity contribution is 4.83. The van der Waals surface area contributed by atoms with Crippen LogP contribution in [0, 0.1) is 5.41 Å². The highest BCUT2D eigenvalue weighted by atomic mass is 15.1. The fourth-order valence-corrected chi connectivity index (χ4v) is 2.24. The summed E-state index contributed by atoms with van der Waals surface area (Å²) in [5, 5.41) is 3.35. The summed E-state index contributed by atoms with van der Waals surface area (Å²) in [4.78, 5) is 2.57. The second-order valence-corrected chi connectivity index (χ2v) is 4.89. The minimum atomic E-state index is 0.453. The van der Waals surface area contributed by atoms with Crippen molar-refractivity contribution in [3.05, 3.63) is 0 Å². The second-order valence-electron chi connectivity index (χ2n) is 4.89. The van der Waals surface area contributed by atoms with Crippen molar-refractivity contribution in [3.63, 3.8) is 0 Å². The van der Waals surface area contributed by atoms with E-state index < -0.39 is 0 Å². The van der Waals surface area contributed by atoms with E-state index in [1.807, 2.05) is 0 Å². The van der Waals surface area contributed by atoms with Crippen LogP contribution in [0.15, 0.2) is 0 Å². The lowest BCUT2D eigenvalue weighted by molar-refractivity contribution is 0.116. The zero-order valence-corrected chi connectivity index (χ0v) is 11.6. The van der Waals surface area contributed by atoms with Gasteiger partial charge in [-0.25, -0.2) is 0 Å². The third-order valence-electron chi connectivity index (χ3n) is 3.73. The standard InChI is InChI=1S/C13H30N2/c1-7-13(8-2,10-14-6)11-15(9-3)12(4)5/h12,14H,7-11H2,1-6H3. The van der Waals surface area contributed by atoms with Gasteiger partial charge >= 0.3 is 0 Å². The molecule has 0 rings (SSSR count). The van der Waals surface area contributed by atoms with Crippen LogP contribution >= 0.6 is 0 Å². The predicted octanol–water partition coefficient (Wildman–Crippen LogP) is 2.74. The summed E-state index contributed by atoms with van der Waals surface area (Å²) >= 11 is 0. The van der Waals surface area contributed by atoms with Crippen molar-refractivity contribution in [2.24, 2.45) is 5.41 Å². The number of nitrogens with one attached hydrogen (secondary N) is 1. The number of rotatable bonds is 8. The molecule has 92 valence electrons. The molecule has 0 heterocycles. The predicted molar refractivity (Wildman–Crippen MR) is 69.3 cm³/mol. The van der Waals surface area contributed by atoms with E-state index in [1.54, 1.807) is 0 Å². The Hall–Kier alpha value is -0.0800. The summed E-state index contributed by atoms with van der Waals surface area (Å²) in [6.07, 6.45) is 2.52. The molecule has 0 unspecified atom stereocenters. The first-order chi connectivity index (χ1) is 7.05. The summed E-state index contributed by atoms with van der Waals surface area (Å²) in [7, 11) is 2.06. The van der Waals surface area contributed by atoms with Crippen LogP contribution in [-0.2, 0) is 0 Å². The first kappa shape index (κ1) is 14.9. The van der Waals surface area contributed by atoms with Crippen molar-refractivity contribution >= 4 is 0 Å². The molecule has 0 radical (unpaired) electrons. The molecule has 15 heavy (non-hydrogen) atoms. The maximum absolute atomic E-state index is 3.35. The van der Waals surface area contributed by atoms with Gasteiger partial charge in [0.25, 0.3) is 0 Å². The SMILES string of the molecule is CCN(CC(CC)(CC)CNC)C(C)C. The largest absolute Gasteiger partial charge is 0.319 e. The average Bonchev–Trinajstić information content (AvgIpc) is 2.24. The van der Waals surface area contributed by atoms with Gasteiger partial charge in [-0.05, 0) is 45.7 Å². The van der Waals surface area contributed by atoms with Crippen molar-refractivity contribution in [2.75, 3.05) is 26.7 Å². The zero-order chi connectivity index (χ0) is 11.9. The fourth-order valence-electron chi connectivity index (χ4n) is 2.24. The van der Waals surface area contributed by atoms with Crippen LogP contribution < -0.4 is 5.32 Å². The highest BCUT2D eigenvalue weighted by Gasteiger charge is 2.28. The molecule has 1 N–H and O–H groups in total. The third-order valence-corrected chi connectivity index (χ3v) is 3.73. The molecular formula is C13H30N2. The summed E-state index contributed by atoms with van der Waals surface area (Å²) in [5.74, 6) is 0. The van der Waals surface area contributed by atoms with Crippen molar-refractivity contribution in [1.29, 1.82) is 0 Å². The minimum absolute atomic E-state index is 0.453. The lowest BCUT2D eigenvalue weighted by Gasteiger charge is -2.38. The molecule has 2 nitrogen and oxygen atoms in total. The fraction of sp³-hybridized carbons (Fsp3) is 1.00. The monoisotopic (exact) mass is 214 g/mol. The number of nitrogens with zero attached hydrogens (tertiary/aromatic N) is 1. The summed E-state index contributed by atoms with van der Waals surface area (Å²) < 4.78 is 0. The molecule has 0 spiro atoms. The van der Waals surface area contributed by atoms with E-state index in [-0.39, 0.29) is 0 Å². The Morgan fingerprint density at radius 1 is 1.13 bits per heavy atom. The van der Waals surface area contributed by atoms with Gasteiger partial charge in [-0.1, -0.05) is 20.8 Å². The zero-order valence-electron chi connectivity index (χ0n) is 11.6. The molecular weight excluding hydrogens is 184 g/mol. The number of hydrogen-bond acceptors (Lipinski definition) is 2. The van der Waals surface area contributed by atoms with Gasteiger partial charge in [0.05, 0.1) is 0 Å². The molecule has 0 aliphatic carbocycles. The molecule has 0 aromatic rings. The summed E-state index contributed by atoms with van der Waals surface area (Å²) in [5.41, 5.74) is 0.453. The quantitative estimate of drug-likeness (QED) is 0.668. The Bertz CT molecular complexity index is 151. The Balaban J connectivity index is 4.48. The molecule has 0 saturated heterocycles. The van der Waals surface area contributed by atoms with Crippen LogP contribution in [0.4, 0.5) is 0 Å². The van der Waals surface area contributed by atoms with Crippen molar-refractivity contribution in [3.8, 4) is 0 Å². The van der Waals surface area contributed by atoms with E-state index in [2.05, 4.69) is 51.9 Å². The van der Waals surface area contributed by atoms with Crippen molar-refractivity contribution in [2.45, 2.75) is 53.5 Å². The molecule has 0 amide bonds. The van der Waals surface area contributed by atoms with Gasteiger partial charge in [-0.3, -0.25) is 0 Å². The van der Waals surface area contributed by atoms with E-state index in [1.165, 1.54) is 19.4 Å². The lowest BCUT2D eigenvalue weighted by Crippen LogP contribution is -2.45. The normalized spacial score (nSPS) is 12.8. The van der Waals surface area contributed by atoms with E-state index in [0.29, 0.717) is 11.5 Å². The van der Waals surface area contributed by atoms with E-state index in [0.717, 1.165) is 13.1 Å². The molecule has 0 aromatic heterocycles. The molecule has 0 atom stereocenters. The first-order valence-corrected chi connectivity index (χ1v) is 6.43. The average molecular weight is 214 g/mol. The van der Waals surface area contributed by atoms with Crippen molar-refractivity contribution in [1.82, 2.24) is 10.2 Å². The topological polar surface area (TPSA) is 15.3 Å². The van der Waals surface area contributed by atoms with Gasteiger partial charge in [0.1, 0.15) is 0 Å². The summed E-state index contributed by atoms with van der Waals surface area (Å²) in [6.45, 7) is 15.0. The smallest absolute Gasteiger partial charge is 0.00525 e. The van der Waals surface area contributed by atoms with Crippen LogP contribution in [0.1, 0.15) is 47.5 Å². The number of hydrogen-bond donors (Lipinski definition) is 1. The van der Waals surface area contributed by atoms with Gasteiger partial charge in [0.2, 0.25) is 0 Å². The molecule has 0 fully saturated rings. The van der Waals surface area contributed by atoms with Crippen LogP contribution in [0.2, 0.25) is 0 Å². The van der Waals surface area contributed by atoms with E-state index in [4.69, 9.17) is 0 Å². The first-order valence-electron chi connectivity index (χ1n) is 6.43. The Morgan fingerprint density at radius 2 is 1.67 bits per heavy atom. The molecule has 2 heteroatoms. The van der Waals surface area contributed by atoms with Gasteiger partial charge in [0.15, 0.2) is 0 Å². The van der Waals surface area contributed by atoms with Crippen molar-refractivity contribution < 1.29 is 0 Å². The van der Waals surface area contributed by atoms with Crippen LogP contribution in [0.5, 0.6) is 0 Å². The Kier molecular flexibility index (Phi) is 7.20. The molecule has 0 aliphatic heterocycles. The van der Waals surface area contributed by atoms with Gasteiger partial charge in [-0.2, -0.15) is 0 Å². The van der Waals surface area contributed by atoms with Gasteiger partial charge < -0.3 is 10.2 Å². The molecule has 0 aliphatic rings. The Morgan fingerprint density at radius 3 is 1.93 bits per heavy atom. The maximum atomic E-state index is 3.35. The highest BCUT2D eigenvalue weighted by Crippen LogP contribution is 2.27. The van der Waals surface area contributed by atoms with Gasteiger partial charge in [-0.15, -0.1) is 0 Å². The van der Waals surface area contributed by atoms with E-state index in [9.17, 15) is 0 Å². The molecule has 0 bridgehead atoms. The second kappa shape index (κ2) is 7.24. The van der Waals surface area contributed by atoms with Crippen LogP contribution in [-0.4, -0.2) is 37.6 Å². The third kappa shape index (κ3) is 4.52.